The third-order valence-electron chi connectivity index (χ3n) is 2.76. The van der Waals surface area contributed by atoms with Gasteiger partial charge >= 0.3 is 6.18 Å². The normalized spacial score (nSPS) is 14.9. The van der Waals surface area contributed by atoms with Crippen molar-refractivity contribution in [3.8, 4) is 0 Å². The lowest BCUT2D eigenvalue weighted by atomic mass is 10.1. The van der Waals surface area contributed by atoms with Gasteiger partial charge < -0.3 is 15.4 Å². The maximum atomic E-state index is 11.9. The second kappa shape index (κ2) is 5.08. The van der Waals surface area contributed by atoms with Crippen LogP contribution >= 0.6 is 0 Å². The summed E-state index contributed by atoms with van der Waals surface area (Å²) in [6.07, 6.45) is -4.12. The third-order valence-corrected chi connectivity index (χ3v) is 2.76. The molecule has 2 N–H and O–H groups in total. The largest absolute Gasteiger partial charge is 0.411 e. The van der Waals surface area contributed by atoms with Gasteiger partial charge in [-0.3, -0.25) is 4.79 Å². The van der Waals surface area contributed by atoms with Crippen LogP contribution in [0.3, 0.4) is 0 Å². The van der Waals surface area contributed by atoms with Crippen LogP contribution in [0.5, 0.6) is 0 Å². The maximum Gasteiger partial charge on any atom is 0.411 e. The van der Waals surface area contributed by atoms with Crippen LogP contribution in [0.25, 0.3) is 0 Å². The van der Waals surface area contributed by atoms with Crippen molar-refractivity contribution in [1.82, 2.24) is 0 Å². The molecule has 104 valence electrons. The number of fused-ring (bicyclic) bond motifs is 1. The summed E-state index contributed by atoms with van der Waals surface area (Å²) in [5, 5.41) is 0. The molecule has 0 radical (unpaired) electrons. The molecule has 1 amide bonds. The lowest BCUT2D eigenvalue weighted by molar-refractivity contribution is -0.173. The molecule has 0 atom stereocenters. The first-order valence-corrected chi connectivity index (χ1v) is 5.70. The average molecular weight is 274 g/mol. The van der Waals surface area contributed by atoms with Crippen LogP contribution in [-0.4, -0.2) is 31.8 Å². The van der Waals surface area contributed by atoms with Gasteiger partial charge in [-0.2, -0.15) is 13.2 Å². The van der Waals surface area contributed by atoms with E-state index in [1.807, 2.05) is 0 Å². The Morgan fingerprint density at radius 2 is 2.11 bits per heavy atom. The molecule has 0 spiro atoms. The van der Waals surface area contributed by atoms with Gasteiger partial charge in [0.15, 0.2) is 0 Å². The summed E-state index contributed by atoms with van der Waals surface area (Å²) in [4.78, 5) is 13.2. The molecule has 0 bridgehead atoms. The molecular formula is C12H13F3N2O2. The molecule has 1 aliphatic rings. The SMILES string of the molecule is Nc1ccc2c(c1)CC(=O)N2CCOCC(F)(F)F. The fraction of sp³-hybridized carbons (Fsp3) is 0.417. The molecule has 1 aliphatic heterocycles. The van der Waals surface area contributed by atoms with Crippen molar-refractivity contribution in [3.05, 3.63) is 23.8 Å². The molecule has 0 saturated carbocycles. The predicted molar refractivity (Wildman–Crippen MR) is 63.8 cm³/mol. The van der Waals surface area contributed by atoms with Gasteiger partial charge in [0.2, 0.25) is 5.91 Å². The summed E-state index contributed by atoms with van der Waals surface area (Å²) in [5.41, 5.74) is 7.65. The van der Waals surface area contributed by atoms with Gasteiger partial charge in [-0.05, 0) is 23.8 Å². The van der Waals surface area contributed by atoms with E-state index in [9.17, 15) is 18.0 Å². The van der Waals surface area contributed by atoms with Crippen molar-refractivity contribution in [1.29, 1.82) is 0 Å². The van der Waals surface area contributed by atoms with Gasteiger partial charge in [-0.25, -0.2) is 0 Å². The Hall–Kier alpha value is -1.76. The quantitative estimate of drug-likeness (QED) is 0.672. The first-order chi connectivity index (χ1) is 8.87. The van der Waals surface area contributed by atoms with E-state index in [2.05, 4.69) is 4.74 Å². The zero-order chi connectivity index (χ0) is 14.0. The number of rotatable bonds is 4. The summed E-state index contributed by atoms with van der Waals surface area (Å²) >= 11 is 0. The highest BCUT2D eigenvalue weighted by molar-refractivity contribution is 6.01. The van der Waals surface area contributed by atoms with Gasteiger partial charge in [0.1, 0.15) is 6.61 Å². The Balaban J connectivity index is 1.93. The first-order valence-electron chi connectivity index (χ1n) is 5.70. The number of hydrogen-bond acceptors (Lipinski definition) is 3. The number of nitrogens with zero attached hydrogens (tertiary/aromatic N) is 1. The first kappa shape index (κ1) is 13.7. The molecule has 1 aromatic carbocycles. The highest BCUT2D eigenvalue weighted by atomic mass is 19.4. The number of hydrogen-bond donors (Lipinski definition) is 1. The monoisotopic (exact) mass is 274 g/mol. The van der Waals surface area contributed by atoms with Crippen LogP contribution in [-0.2, 0) is 16.0 Å². The van der Waals surface area contributed by atoms with Gasteiger partial charge in [0.25, 0.3) is 0 Å². The van der Waals surface area contributed by atoms with Crippen molar-refractivity contribution >= 4 is 17.3 Å². The molecule has 2 rings (SSSR count). The fourth-order valence-electron chi connectivity index (χ4n) is 1.99. The average Bonchev–Trinajstić information content (AvgIpc) is 2.58. The van der Waals surface area contributed by atoms with Crippen molar-refractivity contribution in [2.45, 2.75) is 12.6 Å². The molecule has 1 heterocycles. The molecule has 0 fully saturated rings. The topological polar surface area (TPSA) is 55.6 Å². The second-order valence-electron chi connectivity index (χ2n) is 4.28. The Kier molecular flexibility index (Phi) is 3.66. The molecule has 0 unspecified atom stereocenters. The fourth-order valence-corrected chi connectivity index (χ4v) is 1.99. The van der Waals surface area contributed by atoms with E-state index in [4.69, 9.17) is 5.73 Å². The molecule has 0 saturated heterocycles. The van der Waals surface area contributed by atoms with Crippen LogP contribution in [0.2, 0.25) is 0 Å². The van der Waals surface area contributed by atoms with Crippen LogP contribution in [0, 0.1) is 0 Å². The highest BCUT2D eigenvalue weighted by Crippen LogP contribution is 2.30. The number of halogens is 3. The summed E-state index contributed by atoms with van der Waals surface area (Å²) in [6.45, 7) is -1.36. The Bertz CT molecular complexity index is 488. The number of carbonyl (C=O) groups excluding carboxylic acids is 1. The van der Waals surface area contributed by atoms with E-state index >= 15 is 0 Å². The molecule has 1 aromatic rings. The number of alkyl halides is 3. The van der Waals surface area contributed by atoms with Crippen molar-refractivity contribution in [3.63, 3.8) is 0 Å². The van der Waals surface area contributed by atoms with Crippen LogP contribution in [0.15, 0.2) is 18.2 Å². The highest BCUT2D eigenvalue weighted by Gasteiger charge is 2.29. The van der Waals surface area contributed by atoms with E-state index in [0.717, 1.165) is 5.56 Å². The van der Waals surface area contributed by atoms with E-state index in [1.165, 1.54) is 4.90 Å². The zero-order valence-corrected chi connectivity index (χ0v) is 10.0. The van der Waals surface area contributed by atoms with Crippen LogP contribution in [0.1, 0.15) is 5.56 Å². The minimum atomic E-state index is -4.35. The minimum absolute atomic E-state index is 0.103. The summed E-state index contributed by atoms with van der Waals surface area (Å²) in [6, 6.07) is 5.05. The zero-order valence-electron chi connectivity index (χ0n) is 10.0. The standard InChI is InChI=1S/C12H13F3N2O2/c13-12(14,15)7-19-4-3-17-10-2-1-9(16)5-8(10)6-11(17)18/h1-2,5H,3-4,6-7,16H2. The van der Waals surface area contributed by atoms with E-state index in [-0.39, 0.29) is 25.5 Å². The molecule has 0 aliphatic carbocycles. The Morgan fingerprint density at radius 3 is 2.79 bits per heavy atom. The van der Waals surface area contributed by atoms with Crippen molar-refractivity contribution < 1.29 is 22.7 Å². The Morgan fingerprint density at radius 1 is 1.37 bits per heavy atom. The Labute approximate surface area is 107 Å². The number of anilines is 2. The van der Waals surface area contributed by atoms with Crippen LogP contribution < -0.4 is 10.6 Å². The van der Waals surface area contributed by atoms with Crippen molar-refractivity contribution in [2.24, 2.45) is 0 Å². The lowest BCUT2D eigenvalue weighted by Crippen LogP contribution is -2.31. The number of amides is 1. The summed E-state index contributed by atoms with van der Waals surface area (Å²) < 4.78 is 40.2. The third kappa shape index (κ3) is 3.37. The number of ether oxygens (including phenoxy) is 1. The predicted octanol–water partition coefficient (Wildman–Crippen LogP) is 1.74. The van der Waals surface area contributed by atoms with Gasteiger partial charge in [0.05, 0.1) is 13.0 Å². The van der Waals surface area contributed by atoms with Gasteiger partial charge in [-0.15, -0.1) is 0 Å². The van der Waals surface area contributed by atoms with Gasteiger partial charge in [-0.1, -0.05) is 0 Å². The molecule has 7 heteroatoms. The van der Waals surface area contributed by atoms with E-state index < -0.39 is 12.8 Å². The molecule has 0 aromatic heterocycles. The summed E-state index contributed by atoms with van der Waals surface area (Å²) in [7, 11) is 0. The molecule has 4 nitrogen and oxygen atoms in total. The van der Waals surface area contributed by atoms with Crippen molar-refractivity contribution in [2.75, 3.05) is 30.4 Å². The number of carbonyl (C=O) groups is 1. The van der Waals surface area contributed by atoms with Gasteiger partial charge in [0, 0.05) is 17.9 Å². The summed E-state index contributed by atoms with van der Waals surface area (Å²) in [5.74, 6) is -0.156. The second-order valence-corrected chi connectivity index (χ2v) is 4.28. The number of nitrogens with two attached hydrogens (primary N) is 1. The van der Waals surface area contributed by atoms with E-state index in [0.29, 0.717) is 11.4 Å². The number of benzene rings is 1. The molecule has 19 heavy (non-hydrogen) atoms. The lowest BCUT2D eigenvalue weighted by Gasteiger charge is -2.17. The smallest absolute Gasteiger partial charge is 0.399 e. The molecular weight excluding hydrogens is 261 g/mol. The maximum absolute atomic E-state index is 11.9. The minimum Gasteiger partial charge on any atom is -0.399 e. The van der Waals surface area contributed by atoms with E-state index in [1.54, 1.807) is 18.2 Å². The van der Waals surface area contributed by atoms with Crippen LogP contribution in [0.4, 0.5) is 24.5 Å². The number of nitrogen functional groups attached to an aromatic ring is 1.